The standard InChI is InChI=1S/C26H37NO4/c1-7-8-15-30-25-24(31-16-14-20(6)11-9-10-18(2)3)22-13-12-21(28)17-23(22)27(19(4)5)26(25)29/h10,12-14,17,19,28H,7-9,11,15-16H2,1-6H3/b20-14+. The summed E-state index contributed by atoms with van der Waals surface area (Å²) in [6.45, 7) is 13.1. The van der Waals surface area contributed by atoms with E-state index in [0.717, 1.165) is 31.1 Å². The third-order valence-electron chi connectivity index (χ3n) is 5.12. The van der Waals surface area contributed by atoms with E-state index in [4.69, 9.17) is 9.47 Å². The predicted octanol–water partition coefficient (Wildman–Crippen LogP) is 6.54. The van der Waals surface area contributed by atoms with Crippen molar-refractivity contribution in [3.8, 4) is 17.2 Å². The molecule has 0 aliphatic heterocycles. The van der Waals surface area contributed by atoms with Gasteiger partial charge in [-0.25, -0.2) is 0 Å². The van der Waals surface area contributed by atoms with Crippen LogP contribution in [0.2, 0.25) is 0 Å². The minimum absolute atomic E-state index is 0.0865. The van der Waals surface area contributed by atoms with Gasteiger partial charge in [0.15, 0.2) is 5.75 Å². The lowest BCUT2D eigenvalue weighted by Crippen LogP contribution is -2.25. The molecule has 5 nitrogen and oxygen atoms in total. The molecule has 1 aromatic carbocycles. The largest absolute Gasteiger partial charge is 0.508 e. The van der Waals surface area contributed by atoms with Crippen LogP contribution < -0.4 is 15.0 Å². The van der Waals surface area contributed by atoms with Crippen molar-refractivity contribution in [2.75, 3.05) is 13.2 Å². The topological polar surface area (TPSA) is 60.7 Å². The highest BCUT2D eigenvalue weighted by Crippen LogP contribution is 2.35. The van der Waals surface area contributed by atoms with Gasteiger partial charge in [0, 0.05) is 17.5 Å². The molecule has 0 fully saturated rings. The lowest BCUT2D eigenvalue weighted by molar-refractivity contribution is 0.274. The molecule has 2 rings (SSSR count). The zero-order chi connectivity index (χ0) is 23.0. The van der Waals surface area contributed by atoms with Crippen LogP contribution in [-0.4, -0.2) is 22.9 Å². The molecule has 0 radical (unpaired) electrons. The Morgan fingerprint density at radius 2 is 1.87 bits per heavy atom. The first-order valence-corrected chi connectivity index (χ1v) is 11.2. The van der Waals surface area contributed by atoms with Crippen LogP contribution >= 0.6 is 0 Å². The van der Waals surface area contributed by atoms with Gasteiger partial charge < -0.3 is 19.1 Å². The molecule has 170 valence electrons. The maximum absolute atomic E-state index is 13.3. The number of aromatic hydroxyl groups is 1. The van der Waals surface area contributed by atoms with E-state index in [-0.39, 0.29) is 23.1 Å². The third-order valence-corrected chi connectivity index (χ3v) is 5.12. The van der Waals surface area contributed by atoms with E-state index in [0.29, 0.717) is 24.5 Å². The molecular weight excluding hydrogens is 390 g/mol. The number of rotatable bonds is 11. The molecule has 0 saturated heterocycles. The predicted molar refractivity (Wildman–Crippen MR) is 129 cm³/mol. The number of ether oxygens (including phenoxy) is 2. The van der Waals surface area contributed by atoms with Gasteiger partial charge in [0.05, 0.1) is 12.1 Å². The maximum Gasteiger partial charge on any atom is 0.297 e. The molecule has 0 bridgehead atoms. The number of fused-ring (bicyclic) bond motifs is 1. The van der Waals surface area contributed by atoms with Crippen molar-refractivity contribution in [3.63, 3.8) is 0 Å². The Morgan fingerprint density at radius 1 is 1.13 bits per heavy atom. The van der Waals surface area contributed by atoms with Gasteiger partial charge in [0.1, 0.15) is 12.4 Å². The second-order valence-corrected chi connectivity index (χ2v) is 8.51. The van der Waals surface area contributed by atoms with E-state index < -0.39 is 0 Å². The lowest BCUT2D eigenvalue weighted by atomic mass is 10.1. The minimum atomic E-state index is -0.233. The van der Waals surface area contributed by atoms with Crippen LogP contribution in [0.1, 0.15) is 73.3 Å². The van der Waals surface area contributed by atoms with Crippen molar-refractivity contribution in [3.05, 3.63) is 51.9 Å². The molecule has 0 unspecified atom stereocenters. The summed E-state index contributed by atoms with van der Waals surface area (Å²) in [4.78, 5) is 13.3. The van der Waals surface area contributed by atoms with Crippen molar-refractivity contribution < 1.29 is 14.6 Å². The fourth-order valence-corrected chi connectivity index (χ4v) is 3.41. The maximum atomic E-state index is 13.3. The van der Waals surface area contributed by atoms with Crippen LogP contribution in [0.4, 0.5) is 0 Å². The molecule has 1 aromatic heterocycles. The smallest absolute Gasteiger partial charge is 0.297 e. The lowest BCUT2D eigenvalue weighted by Gasteiger charge is -2.20. The van der Waals surface area contributed by atoms with Crippen molar-refractivity contribution >= 4 is 10.9 Å². The Labute approximate surface area is 186 Å². The zero-order valence-corrected chi connectivity index (χ0v) is 19.8. The normalized spacial score (nSPS) is 11.8. The average molecular weight is 428 g/mol. The summed E-state index contributed by atoms with van der Waals surface area (Å²) in [7, 11) is 0. The number of phenolic OH excluding ortho intramolecular Hbond substituents is 1. The first-order chi connectivity index (χ1) is 14.8. The zero-order valence-electron chi connectivity index (χ0n) is 19.8. The van der Waals surface area contributed by atoms with Crippen molar-refractivity contribution in [1.29, 1.82) is 0 Å². The van der Waals surface area contributed by atoms with Gasteiger partial charge in [0.2, 0.25) is 5.75 Å². The van der Waals surface area contributed by atoms with Gasteiger partial charge in [-0.15, -0.1) is 0 Å². The highest BCUT2D eigenvalue weighted by molar-refractivity contribution is 5.89. The number of aromatic nitrogens is 1. The monoisotopic (exact) mass is 427 g/mol. The third kappa shape index (κ3) is 6.65. The number of nitrogens with zero attached hydrogens (tertiary/aromatic N) is 1. The Balaban J connectivity index is 2.44. The van der Waals surface area contributed by atoms with E-state index in [1.54, 1.807) is 22.8 Å². The fourth-order valence-electron chi connectivity index (χ4n) is 3.41. The van der Waals surface area contributed by atoms with Crippen molar-refractivity contribution in [2.45, 2.75) is 73.3 Å². The van der Waals surface area contributed by atoms with E-state index in [1.807, 2.05) is 13.8 Å². The molecule has 5 heteroatoms. The summed E-state index contributed by atoms with van der Waals surface area (Å²) in [6, 6.07) is 4.92. The SMILES string of the molecule is CCCCOc1c(OC/C=C(\C)CCC=C(C)C)c2ccc(O)cc2n(C(C)C)c1=O. The number of pyridine rings is 1. The van der Waals surface area contributed by atoms with E-state index in [2.05, 4.69) is 39.8 Å². The van der Waals surface area contributed by atoms with Gasteiger partial charge in [0.25, 0.3) is 5.56 Å². The van der Waals surface area contributed by atoms with Crippen molar-refractivity contribution in [1.82, 2.24) is 4.57 Å². The van der Waals surface area contributed by atoms with Crippen LogP contribution in [-0.2, 0) is 0 Å². The summed E-state index contributed by atoms with van der Waals surface area (Å²) >= 11 is 0. The van der Waals surface area contributed by atoms with Gasteiger partial charge in [-0.3, -0.25) is 4.79 Å². The Kier molecular flexibility index (Phi) is 9.22. The summed E-state index contributed by atoms with van der Waals surface area (Å²) in [5.74, 6) is 0.805. The highest BCUT2D eigenvalue weighted by atomic mass is 16.5. The fraction of sp³-hybridized carbons (Fsp3) is 0.500. The summed E-state index contributed by atoms with van der Waals surface area (Å²) in [6.07, 6.45) is 8.08. The minimum Gasteiger partial charge on any atom is -0.508 e. The molecule has 0 spiro atoms. The molecule has 1 heterocycles. The number of hydrogen-bond donors (Lipinski definition) is 1. The number of allylic oxidation sites excluding steroid dienone is 3. The van der Waals surface area contributed by atoms with Crippen LogP contribution in [0.25, 0.3) is 10.9 Å². The molecule has 0 atom stereocenters. The number of unbranched alkanes of at least 4 members (excludes halogenated alkanes) is 1. The molecule has 2 aromatic rings. The second-order valence-electron chi connectivity index (χ2n) is 8.51. The quantitative estimate of drug-likeness (QED) is 0.327. The van der Waals surface area contributed by atoms with E-state index in [1.165, 1.54) is 11.1 Å². The van der Waals surface area contributed by atoms with Gasteiger partial charge >= 0.3 is 0 Å². The van der Waals surface area contributed by atoms with Gasteiger partial charge in [-0.1, -0.05) is 30.6 Å². The molecule has 31 heavy (non-hydrogen) atoms. The van der Waals surface area contributed by atoms with Gasteiger partial charge in [-0.05, 0) is 72.1 Å². The van der Waals surface area contributed by atoms with Crippen molar-refractivity contribution in [2.24, 2.45) is 0 Å². The van der Waals surface area contributed by atoms with Crippen LogP contribution in [0.3, 0.4) is 0 Å². The van der Waals surface area contributed by atoms with Crippen LogP contribution in [0.5, 0.6) is 17.2 Å². The molecule has 1 N–H and O–H groups in total. The van der Waals surface area contributed by atoms with E-state index in [9.17, 15) is 9.90 Å². The number of phenols is 1. The molecule has 0 aliphatic carbocycles. The summed E-state index contributed by atoms with van der Waals surface area (Å²) in [5, 5.41) is 10.8. The molecular formula is C26H37NO4. The van der Waals surface area contributed by atoms with Gasteiger partial charge in [-0.2, -0.15) is 0 Å². The first kappa shape index (κ1) is 24.6. The molecule has 0 aliphatic rings. The molecule has 0 saturated carbocycles. The Morgan fingerprint density at radius 3 is 2.52 bits per heavy atom. The Hall–Kier alpha value is -2.69. The van der Waals surface area contributed by atoms with Crippen LogP contribution in [0, 0.1) is 0 Å². The van der Waals surface area contributed by atoms with E-state index >= 15 is 0 Å². The summed E-state index contributed by atoms with van der Waals surface area (Å²) < 4.78 is 13.7. The number of benzene rings is 1. The Bertz CT molecular complexity index is 995. The highest BCUT2D eigenvalue weighted by Gasteiger charge is 2.21. The molecule has 0 amide bonds. The van der Waals surface area contributed by atoms with Crippen LogP contribution in [0.15, 0.2) is 46.3 Å². The summed E-state index contributed by atoms with van der Waals surface area (Å²) in [5.41, 5.74) is 2.97. The number of hydrogen-bond acceptors (Lipinski definition) is 4. The average Bonchev–Trinajstić information content (AvgIpc) is 2.69. The second kappa shape index (κ2) is 11.6. The first-order valence-electron chi connectivity index (χ1n) is 11.2.